The number of aryl methyl sites for hydroxylation is 1. The molecular weight excluding hydrogens is 230 g/mol. The molecule has 1 saturated carbocycles. The molecule has 1 fully saturated rings. The molecular formula is C13H21N3O2. The number of rotatable bonds is 4. The van der Waals surface area contributed by atoms with Crippen molar-refractivity contribution in [3.8, 4) is 0 Å². The lowest BCUT2D eigenvalue weighted by molar-refractivity contribution is -0.138. The molecule has 1 heterocycles. The third-order valence-corrected chi connectivity index (χ3v) is 3.68. The highest BCUT2D eigenvalue weighted by molar-refractivity contribution is 5.73. The molecule has 1 aromatic rings. The molecule has 0 amide bonds. The van der Waals surface area contributed by atoms with E-state index in [-0.39, 0.29) is 0 Å². The van der Waals surface area contributed by atoms with Crippen LogP contribution in [0.2, 0.25) is 0 Å². The van der Waals surface area contributed by atoms with Gasteiger partial charge in [-0.05, 0) is 12.8 Å². The van der Waals surface area contributed by atoms with Crippen molar-refractivity contribution < 1.29 is 9.90 Å². The van der Waals surface area contributed by atoms with Crippen molar-refractivity contribution in [2.24, 2.45) is 12.8 Å². The number of carboxylic acid groups (broad SMARTS) is 1. The van der Waals surface area contributed by atoms with Gasteiger partial charge in [-0.2, -0.15) is 0 Å². The van der Waals surface area contributed by atoms with Crippen LogP contribution >= 0.6 is 0 Å². The Morgan fingerprint density at radius 3 is 2.83 bits per heavy atom. The average Bonchev–Trinajstić information content (AvgIpc) is 2.71. The zero-order valence-electron chi connectivity index (χ0n) is 10.8. The normalized spacial score (nSPS) is 18.8. The summed E-state index contributed by atoms with van der Waals surface area (Å²) in [5, 5.41) is 8.81. The van der Waals surface area contributed by atoms with Gasteiger partial charge in [0.25, 0.3) is 0 Å². The lowest BCUT2D eigenvalue weighted by atomic mass is 9.89. The Bertz CT molecular complexity index is 422. The first-order valence-corrected chi connectivity index (χ1v) is 6.58. The maximum Gasteiger partial charge on any atom is 0.320 e. The standard InChI is InChI=1S/C13H21N3O2/c1-16-8-10(7-11(14)13(17)18)15-12(16)9-5-3-2-4-6-9/h8-9,11H,2-7,14H2,1H3,(H,17,18)/t11-/m0/s1. The molecule has 0 bridgehead atoms. The van der Waals surface area contributed by atoms with Crippen LogP contribution in [0.3, 0.4) is 0 Å². The number of aliphatic carboxylic acids is 1. The summed E-state index contributed by atoms with van der Waals surface area (Å²) in [7, 11) is 1.98. The SMILES string of the molecule is Cn1cc(C[C@H](N)C(=O)O)nc1C1CCCCC1. The first-order chi connectivity index (χ1) is 8.58. The summed E-state index contributed by atoms with van der Waals surface area (Å²) < 4.78 is 2.03. The molecule has 0 spiro atoms. The Hall–Kier alpha value is -1.36. The number of hydrogen-bond acceptors (Lipinski definition) is 3. The Balaban J connectivity index is 2.08. The lowest BCUT2D eigenvalue weighted by Gasteiger charge is -2.20. The second-order valence-corrected chi connectivity index (χ2v) is 5.19. The van der Waals surface area contributed by atoms with E-state index in [9.17, 15) is 4.79 Å². The maximum absolute atomic E-state index is 10.7. The van der Waals surface area contributed by atoms with Crippen molar-refractivity contribution in [2.75, 3.05) is 0 Å². The maximum atomic E-state index is 10.7. The van der Waals surface area contributed by atoms with Gasteiger partial charge < -0.3 is 15.4 Å². The molecule has 0 unspecified atom stereocenters. The van der Waals surface area contributed by atoms with Gasteiger partial charge in [0.15, 0.2) is 0 Å². The summed E-state index contributed by atoms with van der Waals surface area (Å²) in [4.78, 5) is 15.3. The van der Waals surface area contributed by atoms with Gasteiger partial charge in [0.2, 0.25) is 0 Å². The van der Waals surface area contributed by atoms with Crippen LogP contribution in [-0.4, -0.2) is 26.7 Å². The Kier molecular flexibility index (Phi) is 4.01. The van der Waals surface area contributed by atoms with E-state index in [2.05, 4.69) is 4.98 Å². The van der Waals surface area contributed by atoms with Crippen LogP contribution in [0.25, 0.3) is 0 Å². The van der Waals surface area contributed by atoms with Gasteiger partial charge in [-0.15, -0.1) is 0 Å². The number of imidazole rings is 1. The van der Waals surface area contributed by atoms with Crippen molar-refractivity contribution in [3.63, 3.8) is 0 Å². The molecule has 2 rings (SSSR count). The summed E-state index contributed by atoms with van der Waals surface area (Å²) in [5.74, 6) is 0.640. The Morgan fingerprint density at radius 1 is 1.56 bits per heavy atom. The molecule has 5 nitrogen and oxygen atoms in total. The second kappa shape index (κ2) is 5.52. The largest absolute Gasteiger partial charge is 0.480 e. The van der Waals surface area contributed by atoms with Gasteiger partial charge in [0.1, 0.15) is 11.9 Å². The fourth-order valence-corrected chi connectivity index (χ4v) is 2.70. The first-order valence-electron chi connectivity index (χ1n) is 6.58. The number of carboxylic acids is 1. The molecule has 18 heavy (non-hydrogen) atoms. The van der Waals surface area contributed by atoms with E-state index in [4.69, 9.17) is 10.8 Å². The molecule has 3 N–H and O–H groups in total. The van der Waals surface area contributed by atoms with Crippen molar-refractivity contribution in [1.29, 1.82) is 0 Å². The fourth-order valence-electron chi connectivity index (χ4n) is 2.70. The first kappa shape index (κ1) is 13.1. The van der Waals surface area contributed by atoms with Crippen LogP contribution in [0.15, 0.2) is 6.20 Å². The monoisotopic (exact) mass is 251 g/mol. The molecule has 0 aliphatic heterocycles. The average molecular weight is 251 g/mol. The summed E-state index contributed by atoms with van der Waals surface area (Å²) in [5.41, 5.74) is 6.32. The van der Waals surface area contributed by atoms with Crippen LogP contribution in [-0.2, 0) is 18.3 Å². The molecule has 1 atom stereocenters. The van der Waals surface area contributed by atoms with E-state index in [1.165, 1.54) is 32.1 Å². The van der Waals surface area contributed by atoms with Crippen LogP contribution in [0.4, 0.5) is 0 Å². The van der Waals surface area contributed by atoms with Crippen molar-refractivity contribution in [2.45, 2.75) is 50.5 Å². The highest BCUT2D eigenvalue weighted by Gasteiger charge is 2.21. The van der Waals surface area contributed by atoms with E-state index in [0.29, 0.717) is 12.3 Å². The predicted octanol–water partition coefficient (Wildman–Crippen LogP) is 1.42. The molecule has 0 radical (unpaired) electrons. The quantitative estimate of drug-likeness (QED) is 0.848. The Labute approximate surface area is 107 Å². The summed E-state index contributed by atoms with van der Waals surface area (Å²) in [6.07, 6.45) is 8.44. The van der Waals surface area contributed by atoms with E-state index < -0.39 is 12.0 Å². The third-order valence-electron chi connectivity index (χ3n) is 3.68. The van der Waals surface area contributed by atoms with Gasteiger partial charge in [-0.1, -0.05) is 19.3 Å². The minimum absolute atomic E-state index is 0.301. The van der Waals surface area contributed by atoms with Crippen LogP contribution in [0, 0.1) is 0 Å². The van der Waals surface area contributed by atoms with E-state index >= 15 is 0 Å². The van der Waals surface area contributed by atoms with Crippen LogP contribution in [0.1, 0.15) is 49.5 Å². The van der Waals surface area contributed by atoms with Crippen molar-refractivity contribution >= 4 is 5.97 Å². The third kappa shape index (κ3) is 2.90. The molecule has 0 saturated heterocycles. The summed E-state index contributed by atoms with van der Waals surface area (Å²) >= 11 is 0. The second-order valence-electron chi connectivity index (χ2n) is 5.19. The number of nitrogens with two attached hydrogens (primary N) is 1. The molecule has 100 valence electrons. The van der Waals surface area contributed by atoms with E-state index in [1.807, 2.05) is 17.8 Å². The van der Waals surface area contributed by atoms with Gasteiger partial charge in [-0.25, -0.2) is 4.98 Å². The minimum Gasteiger partial charge on any atom is -0.480 e. The van der Waals surface area contributed by atoms with Crippen molar-refractivity contribution in [1.82, 2.24) is 9.55 Å². The van der Waals surface area contributed by atoms with Gasteiger partial charge >= 0.3 is 5.97 Å². The Morgan fingerprint density at radius 2 is 2.22 bits per heavy atom. The lowest BCUT2D eigenvalue weighted by Crippen LogP contribution is -2.32. The fraction of sp³-hybridized carbons (Fsp3) is 0.692. The number of hydrogen-bond donors (Lipinski definition) is 2. The number of aromatic nitrogens is 2. The van der Waals surface area contributed by atoms with E-state index in [1.54, 1.807) is 0 Å². The molecule has 0 aromatic carbocycles. The molecule has 5 heteroatoms. The number of carbonyl (C=O) groups is 1. The van der Waals surface area contributed by atoms with Crippen LogP contribution in [0.5, 0.6) is 0 Å². The smallest absolute Gasteiger partial charge is 0.320 e. The van der Waals surface area contributed by atoms with E-state index in [0.717, 1.165) is 11.5 Å². The topological polar surface area (TPSA) is 81.1 Å². The summed E-state index contributed by atoms with van der Waals surface area (Å²) in [6.45, 7) is 0. The van der Waals surface area contributed by atoms with Crippen molar-refractivity contribution in [3.05, 3.63) is 17.7 Å². The predicted molar refractivity (Wildman–Crippen MR) is 68.3 cm³/mol. The zero-order chi connectivity index (χ0) is 13.1. The van der Waals surface area contributed by atoms with Gasteiger partial charge in [-0.3, -0.25) is 4.79 Å². The highest BCUT2D eigenvalue weighted by atomic mass is 16.4. The molecule has 1 aliphatic carbocycles. The zero-order valence-corrected chi connectivity index (χ0v) is 10.8. The van der Waals surface area contributed by atoms with Gasteiger partial charge in [0, 0.05) is 25.6 Å². The van der Waals surface area contributed by atoms with Crippen LogP contribution < -0.4 is 5.73 Å². The molecule has 1 aliphatic rings. The highest BCUT2D eigenvalue weighted by Crippen LogP contribution is 2.31. The molecule has 1 aromatic heterocycles. The number of nitrogens with zero attached hydrogens (tertiary/aromatic N) is 2. The van der Waals surface area contributed by atoms with Gasteiger partial charge in [0.05, 0.1) is 5.69 Å². The minimum atomic E-state index is -0.972. The summed E-state index contributed by atoms with van der Waals surface area (Å²) in [6, 6.07) is -0.862.